The highest BCUT2D eigenvalue weighted by molar-refractivity contribution is 5.95. The summed E-state index contributed by atoms with van der Waals surface area (Å²) in [6.45, 7) is 1.90. The van der Waals surface area contributed by atoms with Crippen LogP contribution in [-0.2, 0) is 0 Å². The van der Waals surface area contributed by atoms with E-state index in [9.17, 15) is 4.79 Å². The average molecular weight is 246 g/mol. The second-order valence-corrected chi connectivity index (χ2v) is 4.59. The maximum Gasteiger partial charge on any atom is 0.248 e. The molecule has 0 saturated heterocycles. The highest BCUT2D eigenvalue weighted by atomic mass is 16.5. The third kappa shape index (κ3) is 2.11. The third-order valence-corrected chi connectivity index (χ3v) is 3.27. The summed E-state index contributed by atoms with van der Waals surface area (Å²) in [6, 6.07) is 7.52. The molecule has 1 atom stereocenters. The summed E-state index contributed by atoms with van der Waals surface area (Å²) in [5.74, 6) is 0.816. The molecule has 0 amide bonds. The molecule has 4 heteroatoms. The number of nitrogens with zero attached hydrogens (tertiary/aromatic N) is 2. The first-order valence-corrected chi connectivity index (χ1v) is 5.90. The van der Waals surface area contributed by atoms with Gasteiger partial charge in [0.15, 0.2) is 0 Å². The Morgan fingerprint density at radius 3 is 2.67 bits per heavy atom. The summed E-state index contributed by atoms with van der Waals surface area (Å²) in [6.07, 6.45) is 1.81. The monoisotopic (exact) mass is 246 g/mol. The predicted molar refractivity (Wildman–Crippen MR) is 72.3 cm³/mol. The molecule has 2 rings (SSSR count). The molecule has 1 aromatic heterocycles. The molecule has 0 aliphatic heterocycles. The largest absolute Gasteiger partial charge is 0.497 e. The Labute approximate surface area is 107 Å². The minimum Gasteiger partial charge on any atom is -0.497 e. The van der Waals surface area contributed by atoms with Crippen LogP contribution < -0.4 is 4.74 Å². The average Bonchev–Trinajstić information content (AvgIpc) is 2.79. The lowest BCUT2D eigenvalue weighted by atomic mass is 10.2. The van der Waals surface area contributed by atoms with E-state index in [-0.39, 0.29) is 11.9 Å². The van der Waals surface area contributed by atoms with Gasteiger partial charge in [-0.15, -0.1) is 0 Å². The van der Waals surface area contributed by atoms with Crippen LogP contribution in [0.1, 0.15) is 11.7 Å². The number of ether oxygens (including phenoxy) is 1. The van der Waals surface area contributed by atoms with Gasteiger partial charge in [-0.1, -0.05) is 0 Å². The van der Waals surface area contributed by atoms with Crippen molar-refractivity contribution < 1.29 is 9.53 Å². The van der Waals surface area contributed by atoms with Gasteiger partial charge >= 0.3 is 0 Å². The molecule has 0 unspecified atom stereocenters. The highest BCUT2D eigenvalue weighted by Gasteiger charge is 2.18. The zero-order chi connectivity index (χ0) is 13.3. The fraction of sp³-hybridized carbons (Fsp3) is 0.357. The zero-order valence-electron chi connectivity index (χ0n) is 11.2. The maximum absolute atomic E-state index is 12.3. The number of hydrogen-bond donors (Lipinski definition) is 0. The number of rotatable bonds is 3. The fourth-order valence-electron chi connectivity index (χ4n) is 1.85. The lowest BCUT2D eigenvalue weighted by Gasteiger charge is -2.19. The van der Waals surface area contributed by atoms with E-state index in [1.807, 2.05) is 56.4 Å². The smallest absolute Gasteiger partial charge is 0.248 e. The summed E-state index contributed by atoms with van der Waals surface area (Å²) in [5, 5.41) is 1.04. The summed E-state index contributed by atoms with van der Waals surface area (Å²) < 4.78 is 6.88. The van der Waals surface area contributed by atoms with Gasteiger partial charge in [-0.3, -0.25) is 14.3 Å². The Bertz CT molecular complexity index is 572. The molecule has 0 aliphatic carbocycles. The summed E-state index contributed by atoms with van der Waals surface area (Å²) in [7, 11) is 5.42. The molecule has 1 heterocycles. The Balaban J connectivity index is 2.48. The summed E-state index contributed by atoms with van der Waals surface area (Å²) in [4.78, 5) is 14.2. The van der Waals surface area contributed by atoms with E-state index >= 15 is 0 Å². The van der Waals surface area contributed by atoms with Crippen molar-refractivity contribution >= 4 is 16.8 Å². The number of fused-ring (bicyclic) bond motifs is 1. The van der Waals surface area contributed by atoms with E-state index < -0.39 is 0 Å². The standard InChI is InChI=1S/C14H18N2O2/c1-10(15(2)3)14(17)16-8-7-11-5-6-12(18-4)9-13(11)16/h5-10H,1-4H3/t10-/m1/s1. The summed E-state index contributed by atoms with van der Waals surface area (Å²) in [5.41, 5.74) is 0.882. The van der Waals surface area contributed by atoms with Crippen LogP contribution in [0.15, 0.2) is 30.5 Å². The van der Waals surface area contributed by atoms with Crippen LogP contribution in [0.25, 0.3) is 10.9 Å². The first-order valence-electron chi connectivity index (χ1n) is 5.90. The number of methoxy groups -OCH3 is 1. The zero-order valence-corrected chi connectivity index (χ0v) is 11.2. The van der Waals surface area contributed by atoms with E-state index in [1.54, 1.807) is 11.7 Å². The minimum absolute atomic E-state index is 0.0586. The third-order valence-electron chi connectivity index (χ3n) is 3.27. The van der Waals surface area contributed by atoms with E-state index in [1.165, 1.54) is 0 Å². The number of carbonyl (C=O) groups is 1. The van der Waals surface area contributed by atoms with Crippen molar-refractivity contribution in [1.82, 2.24) is 9.47 Å². The molecule has 18 heavy (non-hydrogen) atoms. The van der Waals surface area contributed by atoms with Gasteiger partial charge in [-0.05, 0) is 39.2 Å². The lowest BCUT2D eigenvalue weighted by molar-refractivity contribution is 0.0809. The molecule has 0 saturated carbocycles. The van der Waals surface area contributed by atoms with E-state index in [0.717, 1.165) is 16.7 Å². The molecule has 0 spiro atoms. The van der Waals surface area contributed by atoms with Gasteiger partial charge in [0.1, 0.15) is 5.75 Å². The Morgan fingerprint density at radius 2 is 2.06 bits per heavy atom. The Hall–Kier alpha value is -1.81. The molecule has 1 aromatic carbocycles. The molecule has 0 fully saturated rings. The van der Waals surface area contributed by atoms with Crippen molar-refractivity contribution in [2.24, 2.45) is 0 Å². The quantitative estimate of drug-likeness (QED) is 0.833. The van der Waals surface area contributed by atoms with Gasteiger partial charge in [0.2, 0.25) is 5.91 Å². The van der Waals surface area contributed by atoms with E-state index in [4.69, 9.17) is 4.74 Å². The number of hydrogen-bond acceptors (Lipinski definition) is 3. The molecular weight excluding hydrogens is 228 g/mol. The van der Waals surface area contributed by atoms with Gasteiger partial charge in [-0.2, -0.15) is 0 Å². The lowest BCUT2D eigenvalue weighted by Crippen LogP contribution is -2.36. The minimum atomic E-state index is -0.160. The van der Waals surface area contributed by atoms with Crippen LogP contribution in [0, 0.1) is 0 Å². The number of carbonyl (C=O) groups excluding carboxylic acids is 1. The molecule has 0 aliphatic rings. The van der Waals surface area contributed by atoms with Crippen LogP contribution in [0.2, 0.25) is 0 Å². The van der Waals surface area contributed by atoms with Gasteiger partial charge in [-0.25, -0.2) is 0 Å². The Morgan fingerprint density at radius 1 is 1.33 bits per heavy atom. The van der Waals surface area contributed by atoms with Crippen LogP contribution in [0.5, 0.6) is 5.75 Å². The molecule has 0 bridgehead atoms. The Kier molecular flexibility index (Phi) is 3.39. The molecule has 96 valence electrons. The topological polar surface area (TPSA) is 34.5 Å². The van der Waals surface area contributed by atoms with Crippen LogP contribution in [0.4, 0.5) is 0 Å². The number of likely N-dealkylation sites (N-methyl/N-ethyl adjacent to an activating group) is 1. The van der Waals surface area contributed by atoms with Crippen LogP contribution in [-0.4, -0.2) is 42.6 Å². The first kappa shape index (κ1) is 12.6. The number of benzene rings is 1. The maximum atomic E-state index is 12.3. The molecule has 2 aromatic rings. The van der Waals surface area contributed by atoms with Crippen molar-refractivity contribution in [3.8, 4) is 5.75 Å². The van der Waals surface area contributed by atoms with Gasteiger partial charge in [0.05, 0.1) is 18.7 Å². The SMILES string of the molecule is COc1ccc2ccn(C(=O)[C@@H](C)N(C)C)c2c1. The molecule has 0 radical (unpaired) electrons. The van der Waals surface area contributed by atoms with E-state index in [0.29, 0.717) is 0 Å². The second-order valence-electron chi connectivity index (χ2n) is 4.59. The summed E-state index contributed by atoms with van der Waals surface area (Å²) >= 11 is 0. The van der Waals surface area contributed by atoms with Crippen LogP contribution in [0.3, 0.4) is 0 Å². The number of aromatic nitrogens is 1. The van der Waals surface area contributed by atoms with Gasteiger partial charge < -0.3 is 4.74 Å². The normalized spacial score (nSPS) is 12.9. The van der Waals surface area contributed by atoms with Gasteiger partial charge in [0.25, 0.3) is 0 Å². The second kappa shape index (κ2) is 4.82. The van der Waals surface area contributed by atoms with Crippen molar-refractivity contribution in [2.75, 3.05) is 21.2 Å². The fourth-order valence-corrected chi connectivity index (χ4v) is 1.85. The highest BCUT2D eigenvalue weighted by Crippen LogP contribution is 2.22. The van der Waals surface area contributed by atoms with E-state index in [2.05, 4.69) is 0 Å². The molecule has 0 N–H and O–H groups in total. The van der Waals surface area contributed by atoms with Crippen molar-refractivity contribution in [2.45, 2.75) is 13.0 Å². The van der Waals surface area contributed by atoms with Crippen molar-refractivity contribution in [1.29, 1.82) is 0 Å². The van der Waals surface area contributed by atoms with Crippen molar-refractivity contribution in [3.63, 3.8) is 0 Å². The molecular formula is C14H18N2O2. The predicted octanol–water partition coefficient (Wildman–Crippen LogP) is 2.24. The van der Waals surface area contributed by atoms with Gasteiger partial charge in [0, 0.05) is 17.6 Å². The van der Waals surface area contributed by atoms with Crippen LogP contribution >= 0.6 is 0 Å². The van der Waals surface area contributed by atoms with Crippen molar-refractivity contribution in [3.05, 3.63) is 30.5 Å². The molecule has 4 nitrogen and oxygen atoms in total. The first-order chi connectivity index (χ1) is 8.54.